The zero-order valence-corrected chi connectivity index (χ0v) is 21.6. The molecule has 0 aliphatic carbocycles. The molecule has 0 saturated carbocycles. The van der Waals surface area contributed by atoms with Crippen LogP contribution in [0.15, 0.2) is 109 Å². The normalized spacial score (nSPS) is 14.3. The maximum absolute atomic E-state index is 13.6. The number of anilines is 3. The van der Waals surface area contributed by atoms with E-state index < -0.39 is 11.6 Å². The van der Waals surface area contributed by atoms with E-state index in [0.29, 0.717) is 28.6 Å². The highest BCUT2D eigenvalue weighted by Crippen LogP contribution is 2.39. The molecule has 39 heavy (non-hydrogen) atoms. The number of carbonyl (C=O) groups excluding carboxylic acids is 3. The van der Waals surface area contributed by atoms with Crippen molar-refractivity contribution in [2.45, 2.75) is 25.9 Å². The van der Waals surface area contributed by atoms with Crippen molar-refractivity contribution in [3.8, 4) is 11.5 Å². The molecule has 0 spiro atoms. The van der Waals surface area contributed by atoms with Gasteiger partial charge < -0.3 is 20.3 Å². The van der Waals surface area contributed by atoms with Crippen LogP contribution in [0, 0.1) is 0 Å². The Bertz CT molecular complexity index is 1490. The lowest BCUT2D eigenvalue weighted by atomic mass is 10.0. The Morgan fingerprint density at radius 3 is 1.97 bits per heavy atom. The van der Waals surface area contributed by atoms with E-state index in [1.807, 2.05) is 60.7 Å². The van der Waals surface area contributed by atoms with Crippen LogP contribution in [-0.2, 0) is 11.3 Å². The monoisotopic (exact) mass is 520 g/mol. The maximum Gasteiger partial charge on any atom is 0.332 e. The Morgan fingerprint density at radius 1 is 0.744 bits per heavy atom. The second-order valence-corrected chi connectivity index (χ2v) is 9.59. The second kappa shape index (κ2) is 10.7. The largest absolute Gasteiger partial charge is 0.455 e. The summed E-state index contributed by atoms with van der Waals surface area (Å²) in [6.07, 6.45) is 0. The smallest absolute Gasteiger partial charge is 0.332 e. The number of hydrogen-bond acceptors (Lipinski definition) is 4. The molecule has 5 rings (SSSR count). The maximum atomic E-state index is 13.6. The van der Waals surface area contributed by atoms with Crippen molar-refractivity contribution in [2.75, 3.05) is 15.5 Å². The molecular weight excluding hydrogens is 492 g/mol. The third-order valence-electron chi connectivity index (χ3n) is 6.48. The van der Waals surface area contributed by atoms with E-state index in [1.165, 1.54) is 4.90 Å². The summed E-state index contributed by atoms with van der Waals surface area (Å²) in [5, 5.41) is 5.56. The van der Waals surface area contributed by atoms with Gasteiger partial charge in [0.25, 0.3) is 5.91 Å². The summed E-state index contributed by atoms with van der Waals surface area (Å²) in [5.41, 5.74) is 1.41. The number of nitrogens with zero attached hydrogens (tertiary/aromatic N) is 2. The van der Waals surface area contributed by atoms with Crippen molar-refractivity contribution in [1.82, 2.24) is 4.90 Å². The second-order valence-electron chi connectivity index (χ2n) is 9.59. The van der Waals surface area contributed by atoms with Crippen molar-refractivity contribution in [3.63, 3.8) is 0 Å². The summed E-state index contributed by atoms with van der Waals surface area (Å²) in [6, 6.07) is 31.7. The summed E-state index contributed by atoms with van der Waals surface area (Å²) in [4.78, 5) is 42.2. The Balaban J connectivity index is 1.31. The number of rotatable bonds is 7. The molecule has 8 heteroatoms. The first-order chi connectivity index (χ1) is 18.8. The topological polar surface area (TPSA) is 91.0 Å². The number of hydrogen-bond donors (Lipinski definition) is 2. The predicted octanol–water partition coefficient (Wildman–Crippen LogP) is 6.87. The molecule has 0 bridgehead atoms. The van der Waals surface area contributed by atoms with E-state index in [4.69, 9.17) is 4.74 Å². The molecule has 5 amide bonds. The van der Waals surface area contributed by atoms with Crippen LogP contribution in [0.5, 0.6) is 11.5 Å². The zero-order valence-electron chi connectivity index (χ0n) is 21.6. The number of ether oxygens (including phenoxy) is 1. The molecule has 1 heterocycles. The fourth-order valence-electron chi connectivity index (χ4n) is 4.35. The number of amides is 5. The van der Waals surface area contributed by atoms with Gasteiger partial charge in [-0.3, -0.25) is 4.79 Å². The molecule has 1 aliphatic heterocycles. The first kappa shape index (κ1) is 25.5. The van der Waals surface area contributed by atoms with Crippen LogP contribution in [0.3, 0.4) is 0 Å². The lowest BCUT2D eigenvalue weighted by Crippen LogP contribution is -2.43. The molecule has 4 aromatic rings. The average Bonchev–Trinajstić information content (AvgIpc) is 3.10. The van der Waals surface area contributed by atoms with Gasteiger partial charge in [0.15, 0.2) is 5.75 Å². The molecule has 196 valence electrons. The first-order valence-electron chi connectivity index (χ1n) is 12.5. The SMILES string of the molecule is CC1(C)C(=O)N(c2ccccc2Oc2ccccc2)C(=O)N1Cc1ccc(NC(=O)Nc2ccccc2)cc1. The molecule has 1 fully saturated rings. The van der Waals surface area contributed by atoms with Crippen LogP contribution in [0.2, 0.25) is 0 Å². The molecular formula is C31H28N4O4. The Labute approximate surface area is 226 Å². The van der Waals surface area contributed by atoms with E-state index in [1.54, 1.807) is 67.3 Å². The van der Waals surface area contributed by atoms with Crippen molar-refractivity contribution < 1.29 is 19.1 Å². The number of carbonyl (C=O) groups is 3. The van der Waals surface area contributed by atoms with Gasteiger partial charge >= 0.3 is 12.1 Å². The molecule has 2 N–H and O–H groups in total. The van der Waals surface area contributed by atoms with Crippen LogP contribution in [0.4, 0.5) is 26.7 Å². The highest BCUT2D eigenvalue weighted by molar-refractivity contribution is 6.23. The molecule has 0 aromatic heterocycles. The van der Waals surface area contributed by atoms with Crippen LogP contribution in [0.1, 0.15) is 19.4 Å². The lowest BCUT2D eigenvalue weighted by molar-refractivity contribution is -0.123. The molecule has 0 unspecified atom stereocenters. The van der Waals surface area contributed by atoms with Gasteiger partial charge in [0.1, 0.15) is 11.3 Å². The fraction of sp³-hybridized carbons (Fsp3) is 0.129. The summed E-state index contributed by atoms with van der Waals surface area (Å²) >= 11 is 0. The summed E-state index contributed by atoms with van der Waals surface area (Å²) in [5.74, 6) is 0.672. The van der Waals surface area contributed by atoms with Crippen molar-refractivity contribution >= 4 is 35.0 Å². The van der Waals surface area contributed by atoms with E-state index in [2.05, 4.69) is 10.6 Å². The third kappa shape index (κ3) is 5.45. The van der Waals surface area contributed by atoms with Gasteiger partial charge in [-0.2, -0.15) is 0 Å². The van der Waals surface area contributed by atoms with Gasteiger partial charge in [0.2, 0.25) is 0 Å². The summed E-state index contributed by atoms with van der Waals surface area (Å²) in [6.45, 7) is 3.68. The van der Waals surface area contributed by atoms with Crippen LogP contribution >= 0.6 is 0 Å². The van der Waals surface area contributed by atoms with Gasteiger partial charge in [-0.05, 0) is 67.9 Å². The molecule has 0 atom stereocenters. The highest BCUT2D eigenvalue weighted by Gasteiger charge is 2.52. The van der Waals surface area contributed by atoms with Crippen molar-refractivity contribution in [3.05, 3.63) is 115 Å². The van der Waals surface area contributed by atoms with Gasteiger partial charge in [-0.15, -0.1) is 0 Å². The van der Waals surface area contributed by atoms with E-state index in [-0.39, 0.29) is 18.5 Å². The van der Waals surface area contributed by atoms with E-state index >= 15 is 0 Å². The van der Waals surface area contributed by atoms with Crippen LogP contribution < -0.4 is 20.3 Å². The van der Waals surface area contributed by atoms with Gasteiger partial charge in [-0.1, -0.05) is 60.7 Å². The molecule has 1 saturated heterocycles. The Kier molecular flexibility index (Phi) is 7.01. The number of benzene rings is 4. The minimum absolute atomic E-state index is 0.215. The number of para-hydroxylation sites is 4. The molecule has 4 aromatic carbocycles. The van der Waals surface area contributed by atoms with Gasteiger partial charge in [0, 0.05) is 17.9 Å². The summed E-state index contributed by atoms with van der Waals surface area (Å²) in [7, 11) is 0. The number of imide groups is 1. The Morgan fingerprint density at radius 2 is 1.31 bits per heavy atom. The van der Waals surface area contributed by atoms with E-state index in [0.717, 1.165) is 5.56 Å². The third-order valence-corrected chi connectivity index (χ3v) is 6.48. The molecule has 0 radical (unpaired) electrons. The Hall–Kier alpha value is -5.11. The zero-order chi connectivity index (χ0) is 27.4. The van der Waals surface area contributed by atoms with E-state index in [9.17, 15) is 14.4 Å². The highest BCUT2D eigenvalue weighted by atomic mass is 16.5. The average molecular weight is 521 g/mol. The van der Waals surface area contributed by atoms with Gasteiger partial charge in [0.05, 0.1) is 5.69 Å². The number of nitrogens with one attached hydrogen (secondary N) is 2. The molecule has 8 nitrogen and oxygen atoms in total. The predicted molar refractivity (Wildman–Crippen MR) is 151 cm³/mol. The minimum Gasteiger partial charge on any atom is -0.455 e. The fourth-order valence-corrected chi connectivity index (χ4v) is 4.35. The van der Waals surface area contributed by atoms with Crippen molar-refractivity contribution in [2.24, 2.45) is 0 Å². The van der Waals surface area contributed by atoms with Crippen molar-refractivity contribution in [1.29, 1.82) is 0 Å². The standard InChI is InChI=1S/C31H28N4O4/c1-31(2)28(36)35(26-15-9-10-16-27(26)39-25-13-7-4-8-14-25)30(38)34(31)21-22-17-19-24(20-18-22)33-29(37)32-23-11-5-3-6-12-23/h3-20H,21H2,1-2H3,(H2,32,33,37). The molecule has 1 aliphatic rings. The quantitative estimate of drug-likeness (QED) is 0.260. The first-order valence-corrected chi connectivity index (χ1v) is 12.5. The minimum atomic E-state index is -1.08. The van der Waals surface area contributed by atoms with Crippen LogP contribution in [-0.4, -0.2) is 28.4 Å². The van der Waals surface area contributed by atoms with Crippen LogP contribution in [0.25, 0.3) is 0 Å². The number of urea groups is 2. The van der Waals surface area contributed by atoms with Gasteiger partial charge in [-0.25, -0.2) is 14.5 Å². The summed E-state index contributed by atoms with van der Waals surface area (Å²) < 4.78 is 6.02. The lowest BCUT2D eigenvalue weighted by Gasteiger charge is -2.27.